The summed E-state index contributed by atoms with van der Waals surface area (Å²) < 4.78 is 23.2. The summed E-state index contributed by atoms with van der Waals surface area (Å²) in [5.41, 5.74) is 1.79. The number of amides is 1. The Labute approximate surface area is 174 Å². The Morgan fingerprint density at radius 3 is 2.45 bits per heavy atom. The number of carbonyl (C=O) groups is 1. The number of nitrogens with zero attached hydrogens (tertiary/aromatic N) is 2. The van der Waals surface area contributed by atoms with Crippen molar-refractivity contribution >= 4 is 38.3 Å². The fourth-order valence-corrected chi connectivity index (χ4v) is 6.00. The number of benzene rings is 2. The quantitative estimate of drug-likeness (QED) is 0.630. The van der Waals surface area contributed by atoms with E-state index in [1.165, 1.54) is 11.8 Å². The number of thioether (sulfide) groups is 1. The number of carbonyl (C=O) groups excluding carboxylic acids is 1. The van der Waals surface area contributed by atoms with E-state index in [1.54, 1.807) is 6.92 Å². The normalized spacial score (nSPS) is 19.1. The molecule has 8 heteroatoms. The molecule has 1 amide bonds. The molecule has 6 nitrogen and oxygen atoms in total. The van der Waals surface area contributed by atoms with Crippen molar-refractivity contribution in [1.82, 2.24) is 15.5 Å². The van der Waals surface area contributed by atoms with Crippen LogP contribution in [0.1, 0.15) is 13.3 Å². The lowest BCUT2D eigenvalue weighted by Crippen LogP contribution is -2.39. The third kappa shape index (κ3) is 4.43. The lowest BCUT2D eigenvalue weighted by Gasteiger charge is -2.16. The van der Waals surface area contributed by atoms with Gasteiger partial charge in [-0.2, -0.15) is 0 Å². The average molecular weight is 428 g/mol. The van der Waals surface area contributed by atoms with Crippen molar-refractivity contribution in [2.45, 2.75) is 29.7 Å². The van der Waals surface area contributed by atoms with Gasteiger partial charge in [0.15, 0.2) is 9.84 Å². The van der Waals surface area contributed by atoms with E-state index in [0.717, 1.165) is 22.0 Å². The van der Waals surface area contributed by atoms with Crippen LogP contribution >= 0.6 is 11.8 Å². The van der Waals surface area contributed by atoms with E-state index in [9.17, 15) is 13.2 Å². The van der Waals surface area contributed by atoms with E-state index in [-0.39, 0.29) is 23.5 Å². The van der Waals surface area contributed by atoms with Gasteiger partial charge in [0.2, 0.25) is 5.91 Å². The molecule has 0 bridgehead atoms. The number of sulfone groups is 1. The summed E-state index contributed by atoms with van der Waals surface area (Å²) in [6.45, 7) is 1.80. The first-order valence-corrected chi connectivity index (χ1v) is 12.1. The molecule has 29 heavy (non-hydrogen) atoms. The van der Waals surface area contributed by atoms with Gasteiger partial charge in [0.25, 0.3) is 0 Å². The monoisotopic (exact) mass is 427 g/mol. The minimum absolute atomic E-state index is 0.0185. The fraction of sp³-hybridized carbons (Fsp3) is 0.286. The molecule has 1 N–H and O–H groups in total. The minimum atomic E-state index is -3.03. The van der Waals surface area contributed by atoms with Gasteiger partial charge in [-0.3, -0.25) is 4.79 Å². The van der Waals surface area contributed by atoms with Gasteiger partial charge in [-0.1, -0.05) is 66.4 Å². The van der Waals surface area contributed by atoms with Crippen LogP contribution in [-0.2, 0) is 14.6 Å². The van der Waals surface area contributed by atoms with Crippen LogP contribution in [0.15, 0.2) is 59.6 Å². The molecule has 1 aromatic heterocycles. The number of aromatic nitrogens is 2. The van der Waals surface area contributed by atoms with Crippen molar-refractivity contribution < 1.29 is 13.2 Å². The van der Waals surface area contributed by atoms with Crippen molar-refractivity contribution in [3.05, 3.63) is 54.6 Å². The van der Waals surface area contributed by atoms with E-state index in [0.29, 0.717) is 11.4 Å². The Bertz CT molecular complexity index is 1150. The molecule has 1 fully saturated rings. The van der Waals surface area contributed by atoms with Crippen molar-refractivity contribution in [2.75, 3.05) is 11.5 Å². The van der Waals surface area contributed by atoms with Crippen molar-refractivity contribution in [3.63, 3.8) is 0 Å². The van der Waals surface area contributed by atoms with Gasteiger partial charge in [-0.05, 0) is 13.3 Å². The molecule has 1 aliphatic rings. The molecule has 0 saturated carbocycles. The smallest absolute Gasteiger partial charge is 0.233 e. The Morgan fingerprint density at radius 1 is 1.07 bits per heavy atom. The lowest BCUT2D eigenvalue weighted by atomic mass is 10.1. The number of rotatable bonds is 5. The predicted octanol–water partition coefficient (Wildman–Crippen LogP) is 3.08. The standard InChI is InChI=1S/C21H21N3O3S2/c1-14(20(25)22-16-11-12-29(26,27)13-16)28-21-18-10-6-5-9-17(18)19(23-24-21)15-7-3-2-4-8-15/h2-10,14,16H,11-13H2,1H3,(H,22,25)/t14-,16+/m1/s1. The molecule has 2 atom stereocenters. The molecule has 1 aliphatic heterocycles. The Kier molecular flexibility index (Phi) is 5.56. The van der Waals surface area contributed by atoms with Crippen LogP contribution in [-0.4, -0.2) is 47.3 Å². The Morgan fingerprint density at radius 2 is 1.76 bits per heavy atom. The molecule has 0 radical (unpaired) electrons. The Hall–Kier alpha value is -2.45. The van der Waals surface area contributed by atoms with E-state index < -0.39 is 15.1 Å². The summed E-state index contributed by atoms with van der Waals surface area (Å²) in [7, 11) is -3.03. The largest absolute Gasteiger partial charge is 0.351 e. The van der Waals surface area contributed by atoms with E-state index >= 15 is 0 Å². The van der Waals surface area contributed by atoms with Gasteiger partial charge in [-0.15, -0.1) is 10.2 Å². The zero-order valence-corrected chi connectivity index (χ0v) is 17.5. The highest BCUT2D eigenvalue weighted by Crippen LogP contribution is 2.33. The molecule has 4 rings (SSSR count). The fourth-order valence-electron chi connectivity index (χ4n) is 3.42. The van der Waals surface area contributed by atoms with Crippen molar-refractivity contribution in [1.29, 1.82) is 0 Å². The Balaban J connectivity index is 1.56. The van der Waals surface area contributed by atoms with E-state index in [2.05, 4.69) is 15.5 Å². The molecule has 150 valence electrons. The van der Waals surface area contributed by atoms with Gasteiger partial charge >= 0.3 is 0 Å². The lowest BCUT2D eigenvalue weighted by molar-refractivity contribution is -0.120. The number of hydrogen-bond acceptors (Lipinski definition) is 6. The minimum Gasteiger partial charge on any atom is -0.351 e. The number of fused-ring (bicyclic) bond motifs is 1. The second-order valence-electron chi connectivity index (χ2n) is 7.13. The molecule has 3 aromatic rings. The molecular formula is C21H21N3O3S2. The van der Waals surface area contributed by atoms with Crippen LogP contribution in [0.5, 0.6) is 0 Å². The number of nitrogens with one attached hydrogen (secondary N) is 1. The van der Waals surface area contributed by atoms with Crippen LogP contribution in [0.2, 0.25) is 0 Å². The first-order chi connectivity index (χ1) is 13.9. The first-order valence-electron chi connectivity index (χ1n) is 9.41. The second kappa shape index (κ2) is 8.12. The third-order valence-corrected chi connectivity index (χ3v) is 7.80. The van der Waals surface area contributed by atoms with Crippen LogP contribution in [0.25, 0.3) is 22.0 Å². The highest BCUT2D eigenvalue weighted by Gasteiger charge is 2.30. The van der Waals surface area contributed by atoms with E-state index in [4.69, 9.17) is 0 Å². The zero-order chi connectivity index (χ0) is 20.4. The summed E-state index contributed by atoms with van der Waals surface area (Å²) in [6, 6.07) is 17.5. The second-order valence-corrected chi connectivity index (χ2v) is 10.7. The molecule has 0 spiro atoms. The summed E-state index contributed by atoms with van der Waals surface area (Å²) in [4.78, 5) is 12.6. The highest BCUT2D eigenvalue weighted by atomic mass is 32.2. The average Bonchev–Trinajstić information content (AvgIpc) is 3.07. The van der Waals surface area contributed by atoms with Gasteiger partial charge in [-0.25, -0.2) is 8.42 Å². The van der Waals surface area contributed by atoms with Crippen LogP contribution in [0.4, 0.5) is 0 Å². The summed E-state index contributed by atoms with van der Waals surface area (Å²) in [5.74, 6) is -0.0311. The predicted molar refractivity (Wildman–Crippen MR) is 115 cm³/mol. The van der Waals surface area contributed by atoms with Gasteiger partial charge in [0, 0.05) is 22.4 Å². The highest BCUT2D eigenvalue weighted by molar-refractivity contribution is 8.00. The van der Waals surface area contributed by atoms with Crippen LogP contribution in [0.3, 0.4) is 0 Å². The maximum atomic E-state index is 12.6. The molecule has 1 saturated heterocycles. The molecule has 0 unspecified atom stereocenters. The maximum Gasteiger partial charge on any atom is 0.233 e. The zero-order valence-electron chi connectivity index (χ0n) is 15.9. The summed E-state index contributed by atoms with van der Waals surface area (Å²) in [6.07, 6.45) is 0.472. The van der Waals surface area contributed by atoms with Gasteiger partial charge in [0.1, 0.15) is 10.7 Å². The van der Waals surface area contributed by atoms with Crippen LogP contribution < -0.4 is 5.32 Å². The number of hydrogen-bond donors (Lipinski definition) is 1. The van der Waals surface area contributed by atoms with Crippen molar-refractivity contribution in [2.24, 2.45) is 0 Å². The summed E-state index contributed by atoms with van der Waals surface area (Å²) in [5, 5.41) is 13.9. The SMILES string of the molecule is C[C@@H](Sc1nnc(-c2ccccc2)c2ccccc12)C(=O)N[C@H]1CCS(=O)(=O)C1. The molecule has 2 aromatic carbocycles. The summed E-state index contributed by atoms with van der Waals surface area (Å²) >= 11 is 1.33. The third-order valence-electron chi connectivity index (χ3n) is 4.94. The van der Waals surface area contributed by atoms with E-state index in [1.807, 2.05) is 54.6 Å². The van der Waals surface area contributed by atoms with Gasteiger partial charge < -0.3 is 5.32 Å². The van der Waals surface area contributed by atoms with Crippen molar-refractivity contribution in [3.8, 4) is 11.3 Å². The topological polar surface area (TPSA) is 89.0 Å². The molecule has 0 aliphatic carbocycles. The van der Waals surface area contributed by atoms with Gasteiger partial charge in [0.05, 0.1) is 16.8 Å². The molecule has 2 heterocycles. The maximum absolute atomic E-state index is 12.6. The first kappa shape index (κ1) is 19.8. The molecular weight excluding hydrogens is 406 g/mol. The van der Waals surface area contributed by atoms with Crippen LogP contribution in [0, 0.1) is 0 Å².